The second-order valence-corrected chi connectivity index (χ2v) is 3.54. The molecule has 0 saturated heterocycles. The van der Waals surface area contributed by atoms with Crippen LogP contribution in [0.3, 0.4) is 0 Å². The summed E-state index contributed by atoms with van der Waals surface area (Å²) in [7, 11) is 0. The summed E-state index contributed by atoms with van der Waals surface area (Å²) in [6, 6.07) is 0.0513. The van der Waals surface area contributed by atoms with E-state index in [0.29, 0.717) is 5.49 Å². The van der Waals surface area contributed by atoms with E-state index in [1.165, 1.54) is 6.33 Å². The average Bonchev–Trinajstić information content (AvgIpc) is 2.37. The van der Waals surface area contributed by atoms with Gasteiger partial charge in [0.05, 0.1) is 17.0 Å². The molecule has 0 N–H and O–H groups in total. The summed E-state index contributed by atoms with van der Waals surface area (Å²) in [5.41, 5.74) is 2.40. The van der Waals surface area contributed by atoms with Crippen LogP contribution in [0.5, 0.6) is 0 Å². The third-order valence-electron chi connectivity index (χ3n) is 2.10. The van der Waals surface area contributed by atoms with Gasteiger partial charge in [-0.2, -0.15) is 0 Å². The predicted octanol–water partition coefficient (Wildman–Crippen LogP) is 0.340. The summed E-state index contributed by atoms with van der Waals surface area (Å²) in [6.07, 6.45) is 5.04. The highest BCUT2D eigenvalue weighted by Crippen LogP contribution is 1.99. The molecule has 15 heavy (non-hydrogen) atoms. The fourth-order valence-corrected chi connectivity index (χ4v) is 1.42. The molecule has 0 spiro atoms. The monoisotopic (exact) mass is 200 g/mol. The summed E-state index contributed by atoms with van der Waals surface area (Å²) >= 11 is 0. The molecule has 1 aromatic rings. The van der Waals surface area contributed by atoms with Crippen molar-refractivity contribution in [3.63, 3.8) is 0 Å². The highest BCUT2D eigenvalue weighted by atomic mass is 14.9. The normalized spacial score (nSPS) is 18.4. The van der Waals surface area contributed by atoms with Crippen molar-refractivity contribution >= 4 is 18.0 Å². The zero-order chi connectivity index (χ0) is 10.8. The molecule has 0 amide bonds. The molecule has 0 radical (unpaired) electrons. The number of fused-ring (bicyclic) bond motifs is 1. The van der Waals surface area contributed by atoms with Crippen molar-refractivity contribution in [2.24, 2.45) is 9.98 Å². The molecule has 0 bridgehead atoms. The van der Waals surface area contributed by atoms with Crippen LogP contribution < -0.4 is 10.7 Å². The lowest BCUT2D eigenvalue weighted by Crippen LogP contribution is -2.33. The number of aromatic nitrogens is 2. The van der Waals surface area contributed by atoms with Crippen molar-refractivity contribution in [3.8, 4) is 0 Å². The fourth-order valence-electron chi connectivity index (χ4n) is 1.42. The topological polar surface area (TPSA) is 50.5 Å². The maximum atomic E-state index is 4.41. The Morgan fingerprint density at radius 2 is 2.20 bits per heavy atom. The maximum absolute atomic E-state index is 4.41. The molecule has 1 aromatic heterocycles. The van der Waals surface area contributed by atoms with Crippen molar-refractivity contribution < 1.29 is 0 Å². The highest BCUT2D eigenvalue weighted by molar-refractivity contribution is 5.68. The van der Waals surface area contributed by atoms with Gasteiger partial charge in [-0.05, 0) is 19.4 Å². The molecule has 1 aliphatic rings. The van der Waals surface area contributed by atoms with Crippen LogP contribution in [0.2, 0.25) is 0 Å². The quantitative estimate of drug-likeness (QED) is 0.656. The molecular formula is C11H12N4. The molecule has 76 valence electrons. The van der Waals surface area contributed by atoms with E-state index in [0.717, 1.165) is 16.5 Å². The SMILES string of the molecule is C=C(C)c1ncnc2c1=CN=CC(C)N=2. The molecule has 4 nitrogen and oxygen atoms in total. The third-order valence-corrected chi connectivity index (χ3v) is 2.10. The van der Waals surface area contributed by atoms with E-state index >= 15 is 0 Å². The van der Waals surface area contributed by atoms with Gasteiger partial charge in [0.25, 0.3) is 0 Å². The second kappa shape index (κ2) is 3.73. The molecule has 4 heteroatoms. The zero-order valence-electron chi connectivity index (χ0n) is 8.81. The minimum atomic E-state index is 0.0513. The molecule has 2 rings (SSSR count). The standard InChI is InChI=1S/C11H12N4/c1-7(2)10-9-5-12-4-8(3)15-11(9)14-6-13-10/h4-6,8H,1H2,2-3H3. The Balaban J connectivity index is 2.81. The Bertz CT molecular complexity index is 542. The lowest BCUT2D eigenvalue weighted by atomic mass is 10.2. The molecule has 2 heterocycles. The van der Waals surface area contributed by atoms with Crippen molar-refractivity contribution in [1.29, 1.82) is 0 Å². The first kappa shape index (κ1) is 9.71. The Morgan fingerprint density at radius 1 is 1.40 bits per heavy atom. The van der Waals surface area contributed by atoms with Gasteiger partial charge in [-0.25, -0.2) is 9.97 Å². The Kier molecular flexibility index (Phi) is 2.41. The first-order valence-electron chi connectivity index (χ1n) is 4.76. The molecule has 1 aliphatic heterocycles. The number of rotatable bonds is 1. The first-order chi connectivity index (χ1) is 7.18. The van der Waals surface area contributed by atoms with Crippen LogP contribution in [0.1, 0.15) is 19.5 Å². The van der Waals surface area contributed by atoms with E-state index in [9.17, 15) is 0 Å². The third kappa shape index (κ3) is 1.83. The van der Waals surface area contributed by atoms with Crippen LogP contribution in [-0.2, 0) is 0 Å². The largest absolute Gasteiger partial charge is 0.266 e. The van der Waals surface area contributed by atoms with Crippen LogP contribution in [-0.4, -0.2) is 22.2 Å². The Hall–Kier alpha value is -1.84. The van der Waals surface area contributed by atoms with Crippen LogP contribution in [0, 0.1) is 0 Å². The summed E-state index contributed by atoms with van der Waals surface area (Å²) in [5, 5.41) is 0.852. The van der Waals surface area contributed by atoms with E-state index in [2.05, 4.69) is 26.5 Å². The molecule has 1 unspecified atom stereocenters. The first-order valence-corrected chi connectivity index (χ1v) is 4.76. The smallest absolute Gasteiger partial charge is 0.160 e. The molecule has 1 atom stereocenters. The molecule has 0 fully saturated rings. The molecule has 0 saturated carbocycles. The highest BCUT2D eigenvalue weighted by Gasteiger charge is 2.04. The number of hydrogen-bond donors (Lipinski definition) is 0. The van der Waals surface area contributed by atoms with E-state index in [1.54, 1.807) is 12.4 Å². The van der Waals surface area contributed by atoms with Gasteiger partial charge < -0.3 is 0 Å². The number of aliphatic imine (C=N–C) groups is 1. The van der Waals surface area contributed by atoms with Gasteiger partial charge >= 0.3 is 0 Å². The minimum Gasteiger partial charge on any atom is -0.266 e. The van der Waals surface area contributed by atoms with E-state index in [1.807, 2.05) is 13.8 Å². The summed E-state index contributed by atoms with van der Waals surface area (Å²) in [6.45, 7) is 7.76. The van der Waals surface area contributed by atoms with Gasteiger partial charge in [-0.1, -0.05) is 6.58 Å². The van der Waals surface area contributed by atoms with Crippen molar-refractivity contribution in [1.82, 2.24) is 9.97 Å². The van der Waals surface area contributed by atoms with E-state index in [4.69, 9.17) is 0 Å². The Labute approximate surface area is 87.8 Å². The maximum Gasteiger partial charge on any atom is 0.160 e. The van der Waals surface area contributed by atoms with Crippen LogP contribution in [0.4, 0.5) is 0 Å². The summed E-state index contributed by atoms with van der Waals surface area (Å²) < 4.78 is 0. The summed E-state index contributed by atoms with van der Waals surface area (Å²) in [4.78, 5) is 16.9. The predicted molar refractivity (Wildman–Crippen MR) is 59.9 cm³/mol. The van der Waals surface area contributed by atoms with Gasteiger partial charge in [0.1, 0.15) is 6.33 Å². The molecular weight excluding hydrogens is 188 g/mol. The van der Waals surface area contributed by atoms with Crippen LogP contribution in [0.25, 0.3) is 11.8 Å². The second-order valence-electron chi connectivity index (χ2n) is 3.54. The van der Waals surface area contributed by atoms with E-state index < -0.39 is 0 Å². The summed E-state index contributed by atoms with van der Waals surface area (Å²) in [5.74, 6) is 0. The molecule has 0 aliphatic carbocycles. The van der Waals surface area contributed by atoms with Crippen molar-refractivity contribution in [2.45, 2.75) is 19.9 Å². The van der Waals surface area contributed by atoms with Crippen molar-refractivity contribution in [3.05, 3.63) is 29.3 Å². The number of allylic oxidation sites excluding steroid dienone is 1. The van der Waals surface area contributed by atoms with Crippen LogP contribution >= 0.6 is 0 Å². The van der Waals surface area contributed by atoms with Gasteiger partial charge in [-0.3, -0.25) is 9.98 Å². The van der Waals surface area contributed by atoms with Gasteiger partial charge in [-0.15, -0.1) is 0 Å². The van der Waals surface area contributed by atoms with Gasteiger partial charge in [0.15, 0.2) is 5.49 Å². The minimum absolute atomic E-state index is 0.0513. The zero-order valence-corrected chi connectivity index (χ0v) is 8.81. The lowest BCUT2D eigenvalue weighted by Gasteiger charge is -1.98. The fraction of sp³-hybridized carbons (Fsp3) is 0.273. The van der Waals surface area contributed by atoms with Crippen molar-refractivity contribution in [2.75, 3.05) is 0 Å². The molecule has 0 aromatic carbocycles. The number of hydrogen-bond acceptors (Lipinski definition) is 4. The Morgan fingerprint density at radius 3 is 2.93 bits per heavy atom. The number of nitrogens with zero attached hydrogens (tertiary/aromatic N) is 4. The van der Waals surface area contributed by atoms with Gasteiger partial charge in [0, 0.05) is 12.4 Å². The van der Waals surface area contributed by atoms with E-state index in [-0.39, 0.29) is 6.04 Å². The van der Waals surface area contributed by atoms with Gasteiger partial charge in [0.2, 0.25) is 0 Å². The average molecular weight is 200 g/mol. The van der Waals surface area contributed by atoms with Crippen LogP contribution in [0.15, 0.2) is 22.9 Å². The lowest BCUT2D eigenvalue weighted by molar-refractivity contribution is 0.898.